The zero-order chi connectivity index (χ0) is 22.2. The minimum atomic E-state index is -0.327. The average Bonchev–Trinajstić information content (AvgIpc) is 2.75. The number of ether oxygens (including phenoxy) is 1. The molecule has 0 aliphatic carbocycles. The average molecular weight is 439 g/mol. The van der Waals surface area contributed by atoms with Gasteiger partial charge < -0.3 is 15.0 Å². The van der Waals surface area contributed by atoms with Gasteiger partial charge in [-0.3, -0.25) is 14.6 Å². The Kier molecular flexibility index (Phi) is 7.56. The van der Waals surface area contributed by atoms with Crippen molar-refractivity contribution in [3.63, 3.8) is 0 Å². The molecule has 2 aromatic heterocycles. The van der Waals surface area contributed by atoms with Crippen LogP contribution in [0, 0.1) is 0 Å². The number of anilines is 1. The van der Waals surface area contributed by atoms with Gasteiger partial charge in [0.15, 0.2) is 0 Å². The number of aromatic nitrogens is 2. The van der Waals surface area contributed by atoms with Gasteiger partial charge in [-0.2, -0.15) is 0 Å². The second kappa shape index (κ2) is 10.5. The number of hydrogen-bond acceptors (Lipinski definition) is 5. The van der Waals surface area contributed by atoms with Crippen molar-refractivity contribution in [2.75, 3.05) is 11.9 Å². The summed E-state index contributed by atoms with van der Waals surface area (Å²) in [5.41, 5.74) is 1.77. The van der Waals surface area contributed by atoms with E-state index in [2.05, 4.69) is 15.3 Å². The molecule has 8 heteroatoms. The number of hydrogen-bond donors (Lipinski definition) is 1. The highest BCUT2D eigenvalue weighted by molar-refractivity contribution is 6.30. The maximum Gasteiger partial charge on any atom is 0.256 e. The number of nitrogens with one attached hydrogen (secondary N) is 1. The van der Waals surface area contributed by atoms with E-state index in [0.717, 1.165) is 5.56 Å². The van der Waals surface area contributed by atoms with Crippen LogP contribution in [0.2, 0.25) is 5.02 Å². The number of nitrogens with zero attached hydrogens (tertiary/aromatic N) is 3. The normalized spacial score (nSPS) is 10.6. The van der Waals surface area contributed by atoms with Crippen LogP contribution >= 0.6 is 11.6 Å². The standard InChI is InChI=1S/C23H23ClN4O3/c1-16(2)31-22-10-5-18(13-26-22)23(30)28(14-17-4-3-11-25-12-17)15-21(29)27-20-8-6-19(24)7-9-20/h3-13,16H,14-15H2,1-2H3,(H,27,29). The van der Waals surface area contributed by atoms with Crippen molar-refractivity contribution in [1.82, 2.24) is 14.9 Å². The molecule has 0 atom stereocenters. The van der Waals surface area contributed by atoms with E-state index in [-0.39, 0.29) is 31.0 Å². The van der Waals surface area contributed by atoms with E-state index >= 15 is 0 Å². The van der Waals surface area contributed by atoms with Crippen LogP contribution in [0.4, 0.5) is 5.69 Å². The number of amides is 2. The van der Waals surface area contributed by atoms with Gasteiger partial charge >= 0.3 is 0 Å². The molecule has 0 aliphatic heterocycles. The van der Waals surface area contributed by atoms with Crippen molar-refractivity contribution < 1.29 is 14.3 Å². The molecule has 3 rings (SSSR count). The Morgan fingerprint density at radius 2 is 1.87 bits per heavy atom. The molecule has 0 fully saturated rings. The fourth-order valence-electron chi connectivity index (χ4n) is 2.82. The zero-order valence-electron chi connectivity index (χ0n) is 17.3. The molecule has 2 amide bonds. The second-order valence-corrected chi connectivity index (χ2v) is 7.57. The van der Waals surface area contributed by atoms with Gasteiger partial charge in [-0.15, -0.1) is 0 Å². The van der Waals surface area contributed by atoms with Crippen LogP contribution in [0.5, 0.6) is 5.88 Å². The fourth-order valence-corrected chi connectivity index (χ4v) is 2.95. The van der Waals surface area contributed by atoms with Gasteiger partial charge in [0, 0.05) is 41.9 Å². The van der Waals surface area contributed by atoms with E-state index in [1.165, 1.54) is 11.1 Å². The summed E-state index contributed by atoms with van der Waals surface area (Å²) in [4.78, 5) is 35.5. The molecule has 0 saturated carbocycles. The summed E-state index contributed by atoms with van der Waals surface area (Å²) in [6.07, 6.45) is 4.75. The summed E-state index contributed by atoms with van der Waals surface area (Å²) in [5.74, 6) is -0.211. The van der Waals surface area contributed by atoms with Gasteiger partial charge in [-0.1, -0.05) is 17.7 Å². The predicted molar refractivity (Wildman–Crippen MR) is 119 cm³/mol. The van der Waals surface area contributed by atoms with Gasteiger partial charge in [-0.05, 0) is 55.8 Å². The molecule has 2 heterocycles. The number of carbonyl (C=O) groups is 2. The highest BCUT2D eigenvalue weighted by Crippen LogP contribution is 2.15. The van der Waals surface area contributed by atoms with Crippen LogP contribution in [0.3, 0.4) is 0 Å². The summed E-state index contributed by atoms with van der Waals surface area (Å²) in [6, 6.07) is 13.7. The molecule has 1 aromatic carbocycles. The van der Waals surface area contributed by atoms with E-state index in [1.54, 1.807) is 54.9 Å². The molecule has 0 unspecified atom stereocenters. The Hall–Kier alpha value is -3.45. The third-order valence-electron chi connectivity index (χ3n) is 4.19. The molecule has 0 radical (unpaired) electrons. The van der Waals surface area contributed by atoms with Gasteiger partial charge in [0.1, 0.15) is 6.54 Å². The summed E-state index contributed by atoms with van der Waals surface area (Å²) in [6.45, 7) is 3.89. The Labute approximate surface area is 186 Å². The van der Waals surface area contributed by atoms with Crippen LogP contribution in [-0.2, 0) is 11.3 Å². The molecule has 160 valence electrons. The lowest BCUT2D eigenvalue weighted by atomic mass is 10.2. The number of rotatable bonds is 8. The van der Waals surface area contributed by atoms with Crippen molar-refractivity contribution in [3.05, 3.63) is 83.3 Å². The Morgan fingerprint density at radius 1 is 1.10 bits per heavy atom. The Balaban J connectivity index is 1.75. The summed E-state index contributed by atoms with van der Waals surface area (Å²) < 4.78 is 5.53. The van der Waals surface area contributed by atoms with Gasteiger partial charge in [0.05, 0.1) is 11.7 Å². The van der Waals surface area contributed by atoms with Crippen molar-refractivity contribution in [3.8, 4) is 5.88 Å². The van der Waals surface area contributed by atoms with E-state index in [1.807, 2.05) is 19.9 Å². The lowest BCUT2D eigenvalue weighted by molar-refractivity contribution is -0.117. The highest BCUT2D eigenvalue weighted by Gasteiger charge is 2.20. The smallest absolute Gasteiger partial charge is 0.256 e. The number of benzene rings is 1. The molecule has 31 heavy (non-hydrogen) atoms. The van der Waals surface area contributed by atoms with E-state index in [0.29, 0.717) is 22.2 Å². The monoisotopic (exact) mass is 438 g/mol. The Bertz CT molecular complexity index is 1010. The topological polar surface area (TPSA) is 84.4 Å². The maximum atomic E-state index is 13.1. The summed E-state index contributed by atoms with van der Waals surface area (Å²) >= 11 is 5.88. The number of halogens is 1. The van der Waals surface area contributed by atoms with Crippen molar-refractivity contribution in [2.45, 2.75) is 26.5 Å². The first-order chi connectivity index (χ1) is 14.9. The largest absolute Gasteiger partial charge is 0.475 e. The maximum absolute atomic E-state index is 13.1. The SMILES string of the molecule is CC(C)Oc1ccc(C(=O)N(CC(=O)Nc2ccc(Cl)cc2)Cc2cccnc2)cn1. The van der Waals surface area contributed by atoms with Crippen LogP contribution in [0.25, 0.3) is 0 Å². The van der Waals surface area contributed by atoms with E-state index in [9.17, 15) is 9.59 Å². The first-order valence-electron chi connectivity index (χ1n) is 9.77. The molecular weight excluding hydrogens is 416 g/mol. The summed E-state index contributed by atoms with van der Waals surface area (Å²) in [7, 11) is 0. The molecule has 0 bridgehead atoms. The third-order valence-corrected chi connectivity index (χ3v) is 4.44. The molecule has 0 spiro atoms. The fraction of sp³-hybridized carbons (Fsp3) is 0.217. The molecular formula is C23H23ClN4O3. The van der Waals surface area contributed by atoms with Gasteiger partial charge in [0.25, 0.3) is 5.91 Å². The van der Waals surface area contributed by atoms with Gasteiger partial charge in [0.2, 0.25) is 11.8 Å². The van der Waals surface area contributed by atoms with Crippen LogP contribution in [0.1, 0.15) is 29.8 Å². The number of carbonyl (C=O) groups excluding carboxylic acids is 2. The first kappa shape index (κ1) is 22.2. The lowest BCUT2D eigenvalue weighted by Crippen LogP contribution is -2.37. The van der Waals surface area contributed by atoms with Crippen LogP contribution < -0.4 is 10.1 Å². The minimum absolute atomic E-state index is 0.0207. The molecule has 1 N–H and O–H groups in total. The minimum Gasteiger partial charge on any atom is -0.475 e. The zero-order valence-corrected chi connectivity index (χ0v) is 18.0. The van der Waals surface area contributed by atoms with E-state index < -0.39 is 0 Å². The highest BCUT2D eigenvalue weighted by atomic mass is 35.5. The quantitative estimate of drug-likeness (QED) is 0.569. The lowest BCUT2D eigenvalue weighted by Gasteiger charge is -2.22. The van der Waals surface area contributed by atoms with Crippen molar-refractivity contribution in [1.29, 1.82) is 0 Å². The van der Waals surface area contributed by atoms with Gasteiger partial charge in [-0.25, -0.2) is 4.98 Å². The second-order valence-electron chi connectivity index (χ2n) is 7.13. The Morgan fingerprint density at radius 3 is 2.48 bits per heavy atom. The molecule has 7 nitrogen and oxygen atoms in total. The van der Waals surface area contributed by atoms with Crippen LogP contribution in [-0.4, -0.2) is 39.3 Å². The van der Waals surface area contributed by atoms with Crippen molar-refractivity contribution >= 4 is 29.1 Å². The van der Waals surface area contributed by atoms with Crippen molar-refractivity contribution in [2.24, 2.45) is 0 Å². The summed E-state index contributed by atoms with van der Waals surface area (Å²) in [5, 5.41) is 3.35. The molecule has 3 aromatic rings. The van der Waals surface area contributed by atoms with E-state index in [4.69, 9.17) is 16.3 Å². The number of pyridine rings is 2. The first-order valence-corrected chi connectivity index (χ1v) is 10.1. The molecule has 0 saturated heterocycles. The third kappa shape index (κ3) is 6.79. The van der Waals surface area contributed by atoms with Crippen LogP contribution in [0.15, 0.2) is 67.1 Å². The predicted octanol–water partition coefficient (Wildman–Crippen LogP) is 4.20. The molecule has 0 aliphatic rings.